The second-order valence-corrected chi connectivity index (χ2v) is 5.39. The molecule has 0 aromatic heterocycles. The fraction of sp³-hybridized carbons (Fsp3) is 0.533. The van der Waals surface area contributed by atoms with Gasteiger partial charge in [-0.1, -0.05) is 6.42 Å². The van der Waals surface area contributed by atoms with Crippen LogP contribution < -0.4 is 11.1 Å². The molecule has 3 nitrogen and oxygen atoms in total. The highest BCUT2D eigenvalue weighted by molar-refractivity contribution is 5.85. The molecule has 21 heavy (non-hydrogen) atoms. The zero-order valence-electron chi connectivity index (χ0n) is 11.8. The smallest absolute Gasteiger partial charge is 0.220 e. The van der Waals surface area contributed by atoms with Crippen LogP contribution in [0.25, 0.3) is 0 Å². The number of halogens is 3. The molecular weight excluding hydrogens is 298 g/mol. The summed E-state index contributed by atoms with van der Waals surface area (Å²) in [5.74, 6) is -0.729. The maximum atomic E-state index is 13.4. The molecule has 0 spiro atoms. The maximum Gasteiger partial charge on any atom is 0.220 e. The molecule has 0 radical (unpaired) electrons. The van der Waals surface area contributed by atoms with Crippen LogP contribution >= 0.6 is 12.4 Å². The highest BCUT2D eigenvalue weighted by atomic mass is 35.5. The van der Waals surface area contributed by atoms with Crippen LogP contribution in [0.3, 0.4) is 0 Å². The number of hydrogen-bond acceptors (Lipinski definition) is 2. The van der Waals surface area contributed by atoms with Crippen LogP contribution in [0.4, 0.5) is 8.78 Å². The first-order valence-corrected chi connectivity index (χ1v) is 7.02. The molecule has 0 saturated heterocycles. The highest BCUT2D eigenvalue weighted by Crippen LogP contribution is 2.26. The molecule has 0 aliphatic heterocycles. The van der Waals surface area contributed by atoms with Crippen LogP contribution in [0.2, 0.25) is 0 Å². The van der Waals surface area contributed by atoms with Crippen LogP contribution in [0.5, 0.6) is 0 Å². The number of nitrogens with two attached hydrogens (primary N) is 1. The Bertz CT molecular complexity index is 485. The van der Waals surface area contributed by atoms with Crippen molar-refractivity contribution in [2.45, 2.75) is 38.1 Å². The van der Waals surface area contributed by atoms with E-state index >= 15 is 0 Å². The van der Waals surface area contributed by atoms with Gasteiger partial charge >= 0.3 is 0 Å². The first kappa shape index (κ1) is 17.9. The fourth-order valence-corrected chi connectivity index (χ4v) is 2.70. The van der Waals surface area contributed by atoms with Crippen LogP contribution in [0, 0.1) is 17.6 Å². The van der Waals surface area contributed by atoms with Gasteiger partial charge in [0.2, 0.25) is 5.91 Å². The molecule has 1 amide bonds. The average molecular weight is 319 g/mol. The van der Waals surface area contributed by atoms with E-state index in [1.807, 2.05) is 0 Å². The standard InChI is InChI=1S/C15H20F2N2O.ClH/c16-12-4-5-13(17)10(8-12)6-7-19-15(20)9-11-2-1-3-14(11)18;/h4-5,8,11,14H,1-3,6-7,9,18H2,(H,19,20);1H/t11-,14+;/m0./s1. The molecule has 1 aliphatic carbocycles. The van der Waals surface area contributed by atoms with E-state index in [0.717, 1.165) is 37.5 Å². The Morgan fingerprint density at radius 2 is 2.10 bits per heavy atom. The minimum absolute atomic E-state index is 0. The largest absolute Gasteiger partial charge is 0.356 e. The van der Waals surface area contributed by atoms with E-state index in [-0.39, 0.29) is 42.3 Å². The summed E-state index contributed by atoms with van der Waals surface area (Å²) in [5.41, 5.74) is 6.19. The first-order chi connectivity index (χ1) is 9.56. The van der Waals surface area contributed by atoms with E-state index in [9.17, 15) is 13.6 Å². The van der Waals surface area contributed by atoms with Gasteiger partial charge in [-0.25, -0.2) is 8.78 Å². The Kier molecular flexibility index (Phi) is 7.05. The van der Waals surface area contributed by atoms with E-state index in [2.05, 4.69) is 5.32 Å². The Labute approximate surface area is 129 Å². The molecule has 1 aromatic carbocycles. The monoisotopic (exact) mass is 318 g/mol. The molecule has 6 heteroatoms. The van der Waals surface area contributed by atoms with Gasteiger partial charge in [0.15, 0.2) is 0 Å². The van der Waals surface area contributed by atoms with Gasteiger partial charge in [0.05, 0.1) is 0 Å². The van der Waals surface area contributed by atoms with Crippen molar-refractivity contribution in [3.63, 3.8) is 0 Å². The molecule has 0 heterocycles. The average Bonchev–Trinajstić information content (AvgIpc) is 2.79. The lowest BCUT2D eigenvalue weighted by molar-refractivity contribution is -0.122. The second-order valence-electron chi connectivity index (χ2n) is 5.39. The van der Waals surface area contributed by atoms with Gasteiger partial charge < -0.3 is 11.1 Å². The second kappa shape index (κ2) is 8.29. The summed E-state index contributed by atoms with van der Waals surface area (Å²) in [7, 11) is 0. The number of amides is 1. The lowest BCUT2D eigenvalue weighted by Gasteiger charge is -2.14. The van der Waals surface area contributed by atoms with Crippen molar-refractivity contribution in [1.82, 2.24) is 5.32 Å². The Balaban J connectivity index is 0.00000220. The van der Waals surface area contributed by atoms with Crippen LogP contribution in [0.1, 0.15) is 31.2 Å². The molecule has 2 rings (SSSR count). The summed E-state index contributed by atoms with van der Waals surface area (Å²) in [6, 6.07) is 3.46. The Morgan fingerprint density at radius 1 is 1.33 bits per heavy atom. The molecule has 1 aromatic rings. The molecule has 118 valence electrons. The maximum absolute atomic E-state index is 13.4. The summed E-state index contributed by atoms with van der Waals surface area (Å²) in [6.45, 7) is 0.307. The van der Waals surface area contributed by atoms with Gasteiger partial charge in [-0.15, -0.1) is 12.4 Å². The molecule has 3 N–H and O–H groups in total. The molecule has 0 bridgehead atoms. The molecule has 1 saturated carbocycles. The third kappa shape index (κ3) is 5.25. The van der Waals surface area contributed by atoms with E-state index in [1.54, 1.807) is 0 Å². The van der Waals surface area contributed by atoms with Gasteiger partial charge in [0.1, 0.15) is 11.6 Å². The molecule has 1 aliphatic rings. The third-order valence-corrected chi connectivity index (χ3v) is 3.89. The lowest BCUT2D eigenvalue weighted by Crippen LogP contribution is -2.32. The summed E-state index contributed by atoms with van der Waals surface area (Å²) in [6.07, 6.45) is 3.76. The van der Waals surface area contributed by atoms with Gasteiger partial charge in [-0.2, -0.15) is 0 Å². The third-order valence-electron chi connectivity index (χ3n) is 3.89. The van der Waals surface area contributed by atoms with Gasteiger partial charge in [-0.3, -0.25) is 4.79 Å². The normalized spacial score (nSPS) is 20.9. The van der Waals surface area contributed by atoms with Crippen molar-refractivity contribution in [3.05, 3.63) is 35.4 Å². The minimum Gasteiger partial charge on any atom is -0.356 e. The van der Waals surface area contributed by atoms with Crippen molar-refractivity contribution >= 4 is 18.3 Å². The zero-order chi connectivity index (χ0) is 14.5. The van der Waals surface area contributed by atoms with Crippen molar-refractivity contribution in [2.75, 3.05) is 6.54 Å². The van der Waals surface area contributed by atoms with E-state index in [1.165, 1.54) is 0 Å². The zero-order valence-corrected chi connectivity index (χ0v) is 12.6. The number of rotatable bonds is 5. The Morgan fingerprint density at radius 3 is 2.76 bits per heavy atom. The minimum atomic E-state index is -0.468. The predicted octanol–water partition coefficient (Wildman–Crippen LogP) is 2.56. The summed E-state index contributed by atoms with van der Waals surface area (Å²) < 4.78 is 26.4. The summed E-state index contributed by atoms with van der Waals surface area (Å²) in [5, 5.41) is 2.74. The number of hydrogen-bond donors (Lipinski definition) is 2. The van der Waals surface area contributed by atoms with Crippen LogP contribution in [-0.2, 0) is 11.2 Å². The SMILES string of the molecule is Cl.N[C@@H]1CCC[C@H]1CC(=O)NCCc1cc(F)ccc1F. The molecule has 2 atom stereocenters. The number of benzene rings is 1. The number of nitrogens with one attached hydrogen (secondary N) is 1. The van der Waals surface area contributed by atoms with Crippen molar-refractivity contribution in [3.8, 4) is 0 Å². The van der Waals surface area contributed by atoms with E-state index in [0.29, 0.717) is 13.0 Å². The number of carbonyl (C=O) groups excluding carboxylic acids is 1. The first-order valence-electron chi connectivity index (χ1n) is 7.02. The van der Waals surface area contributed by atoms with Gasteiger partial charge in [0, 0.05) is 19.0 Å². The Hall–Kier alpha value is -1.20. The van der Waals surface area contributed by atoms with Gasteiger partial charge in [-0.05, 0) is 48.9 Å². The van der Waals surface area contributed by atoms with Crippen LogP contribution in [-0.4, -0.2) is 18.5 Å². The summed E-state index contributed by atoms with van der Waals surface area (Å²) >= 11 is 0. The van der Waals surface area contributed by atoms with Gasteiger partial charge in [0.25, 0.3) is 0 Å². The van der Waals surface area contributed by atoms with Crippen LogP contribution in [0.15, 0.2) is 18.2 Å². The predicted molar refractivity (Wildman–Crippen MR) is 80.3 cm³/mol. The topological polar surface area (TPSA) is 55.1 Å². The fourth-order valence-electron chi connectivity index (χ4n) is 2.70. The van der Waals surface area contributed by atoms with E-state index < -0.39 is 11.6 Å². The highest BCUT2D eigenvalue weighted by Gasteiger charge is 2.25. The quantitative estimate of drug-likeness (QED) is 0.876. The van der Waals surface area contributed by atoms with Crippen molar-refractivity contribution in [1.29, 1.82) is 0 Å². The van der Waals surface area contributed by atoms with Crippen molar-refractivity contribution in [2.24, 2.45) is 11.7 Å². The molecule has 1 fully saturated rings. The summed E-state index contributed by atoms with van der Waals surface area (Å²) in [4.78, 5) is 11.8. The van der Waals surface area contributed by atoms with Crippen molar-refractivity contribution < 1.29 is 13.6 Å². The molecule has 0 unspecified atom stereocenters. The number of carbonyl (C=O) groups is 1. The lowest BCUT2D eigenvalue weighted by atomic mass is 10.00. The molecular formula is C15H21ClF2N2O. The van der Waals surface area contributed by atoms with E-state index in [4.69, 9.17) is 5.73 Å².